The van der Waals surface area contributed by atoms with Crippen LogP contribution in [0.3, 0.4) is 0 Å². The first-order valence-corrected chi connectivity index (χ1v) is 7.02. The number of ether oxygens (including phenoxy) is 1. The average Bonchev–Trinajstić information content (AvgIpc) is 2.37. The Hall–Kier alpha value is -1.15. The highest BCUT2D eigenvalue weighted by Crippen LogP contribution is 2.18. The molecule has 0 aliphatic heterocycles. The van der Waals surface area contributed by atoms with Gasteiger partial charge in [0.1, 0.15) is 18.2 Å². The van der Waals surface area contributed by atoms with Gasteiger partial charge in [0.05, 0.1) is 4.90 Å². The maximum atomic E-state index is 13.0. The molecule has 0 aromatic heterocycles. The largest absolute Gasteiger partial charge is 0.487 e. The normalized spacial score (nSPS) is 12.2. The second-order valence-corrected chi connectivity index (χ2v) is 6.09. The molecule has 1 aromatic carbocycles. The van der Waals surface area contributed by atoms with Crippen LogP contribution in [0.15, 0.2) is 41.1 Å². The number of nitrogens with two attached hydrogens (primary N) is 1. The number of benzene rings is 1. The molecule has 0 fully saturated rings. The molecule has 8 heteroatoms. The molecule has 1 rings (SSSR count). The molecule has 0 heterocycles. The number of hydrogen-bond acceptors (Lipinski definition) is 4. The first-order chi connectivity index (χ1) is 8.87. The minimum Gasteiger partial charge on any atom is -0.487 e. The smallest absolute Gasteiger partial charge is 0.242 e. The molecule has 2 N–H and O–H groups in total. The van der Waals surface area contributed by atoms with Crippen LogP contribution in [0.5, 0.6) is 5.75 Å². The summed E-state index contributed by atoms with van der Waals surface area (Å²) >= 11 is 0. The topological polar surface area (TPSA) is 72.6 Å². The molecule has 0 aliphatic carbocycles. The summed E-state index contributed by atoms with van der Waals surface area (Å²) in [4.78, 5) is 0.155. The van der Waals surface area contributed by atoms with Crippen molar-refractivity contribution in [1.82, 2.24) is 4.31 Å². The summed E-state index contributed by atoms with van der Waals surface area (Å²) in [6.45, 7) is -0.119. The molecule has 0 bridgehead atoms. The minimum atomic E-state index is -3.46. The minimum absolute atomic E-state index is 0. The summed E-state index contributed by atoms with van der Waals surface area (Å²) in [5, 5.41) is 0. The van der Waals surface area contributed by atoms with Gasteiger partial charge in [-0.05, 0) is 30.3 Å². The van der Waals surface area contributed by atoms with E-state index >= 15 is 0 Å². The third-order valence-corrected chi connectivity index (χ3v) is 4.15. The molecular formula is C12H18ClFN2O3S. The van der Waals surface area contributed by atoms with E-state index in [4.69, 9.17) is 10.5 Å². The van der Waals surface area contributed by atoms with Gasteiger partial charge in [-0.3, -0.25) is 0 Å². The first-order valence-electron chi connectivity index (χ1n) is 5.58. The number of halogens is 2. The third-order valence-electron chi connectivity index (χ3n) is 2.32. The molecule has 0 atom stereocenters. The lowest BCUT2D eigenvalue weighted by atomic mass is 10.3. The predicted octanol–water partition coefficient (Wildman–Crippen LogP) is 1.55. The molecule has 0 saturated carbocycles. The fourth-order valence-corrected chi connectivity index (χ4v) is 2.16. The summed E-state index contributed by atoms with van der Waals surface area (Å²) in [5.74, 6) is -0.0780. The molecule has 0 spiro atoms. The van der Waals surface area contributed by atoms with Crippen LogP contribution in [0.25, 0.3) is 0 Å². The lowest BCUT2D eigenvalue weighted by Crippen LogP contribution is -2.22. The second-order valence-electron chi connectivity index (χ2n) is 3.93. The van der Waals surface area contributed by atoms with Gasteiger partial charge in [0.25, 0.3) is 0 Å². The van der Waals surface area contributed by atoms with Crippen LogP contribution in [0, 0.1) is 0 Å². The molecule has 5 nitrogen and oxygen atoms in total. The highest BCUT2D eigenvalue weighted by molar-refractivity contribution is 7.89. The highest BCUT2D eigenvalue weighted by Gasteiger charge is 2.16. The molecule has 114 valence electrons. The summed E-state index contributed by atoms with van der Waals surface area (Å²) in [7, 11) is -0.556. The molecule has 0 unspecified atom stereocenters. The standard InChI is InChI=1S/C12H17FN2O3S.ClH/c1-15(2)19(16,17)12-5-3-11(4-6-12)18-9-10(13)7-8-14;/h3-7H,8-9,14H2,1-2H3;1H/b10-7-;. The van der Waals surface area contributed by atoms with E-state index in [0.717, 1.165) is 4.31 Å². The molecule has 0 saturated heterocycles. The quantitative estimate of drug-likeness (QED) is 0.861. The zero-order chi connectivity index (χ0) is 14.5. The molecular weight excluding hydrogens is 307 g/mol. The monoisotopic (exact) mass is 324 g/mol. The predicted molar refractivity (Wildman–Crippen MR) is 78.3 cm³/mol. The van der Waals surface area contributed by atoms with Crippen molar-refractivity contribution in [2.45, 2.75) is 4.90 Å². The van der Waals surface area contributed by atoms with Crippen LogP contribution in [0.2, 0.25) is 0 Å². The Morgan fingerprint density at radius 2 is 1.90 bits per heavy atom. The van der Waals surface area contributed by atoms with Crippen molar-refractivity contribution in [3.63, 3.8) is 0 Å². The van der Waals surface area contributed by atoms with Crippen molar-refractivity contribution in [2.24, 2.45) is 5.73 Å². The Kier molecular flexibility index (Phi) is 7.74. The summed E-state index contributed by atoms with van der Waals surface area (Å²) in [5.41, 5.74) is 5.15. The van der Waals surface area contributed by atoms with E-state index in [1.807, 2.05) is 0 Å². The van der Waals surface area contributed by atoms with Gasteiger partial charge in [0.15, 0.2) is 0 Å². The molecule has 0 aliphatic rings. The van der Waals surface area contributed by atoms with Crippen molar-refractivity contribution >= 4 is 22.4 Å². The fourth-order valence-electron chi connectivity index (χ4n) is 1.26. The van der Waals surface area contributed by atoms with Gasteiger partial charge in [-0.25, -0.2) is 17.1 Å². The number of nitrogens with zero attached hydrogens (tertiary/aromatic N) is 1. The van der Waals surface area contributed by atoms with Gasteiger partial charge in [0, 0.05) is 20.6 Å². The fraction of sp³-hybridized carbons (Fsp3) is 0.333. The van der Waals surface area contributed by atoms with E-state index in [9.17, 15) is 12.8 Å². The SMILES string of the molecule is CN(C)S(=O)(=O)c1ccc(OC/C(F)=C/CN)cc1.Cl. The van der Waals surface area contributed by atoms with E-state index in [-0.39, 0.29) is 30.5 Å². The number of hydrogen-bond donors (Lipinski definition) is 1. The van der Waals surface area contributed by atoms with Gasteiger partial charge in [-0.15, -0.1) is 12.4 Å². The Balaban J connectivity index is 0.00000361. The summed E-state index contributed by atoms with van der Waals surface area (Å²) in [6, 6.07) is 5.78. The van der Waals surface area contributed by atoms with Crippen molar-refractivity contribution < 1.29 is 17.5 Å². The van der Waals surface area contributed by atoms with Crippen LogP contribution in [-0.4, -0.2) is 40.0 Å². The van der Waals surface area contributed by atoms with E-state index in [1.165, 1.54) is 44.4 Å². The van der Waals surface area contributed by atoms with Gasteiger partial charge < -0.3 is 10.5 Å². The number of sulfonamides is 1. The zero-order valence-corrected chi connectivity index (χ0v) is 12.9. The van der Waals surface area contributed by atoms with E-state index in [1.54, 1.807) is 0 Å². The Labute approximate surface area is 124 Å². The molecule has 0 amide bonds. The molecule has 1 aromatic rings. The van der Waals surface area contributed by atoms with Gasteiger partial charge in [-0.1, -0.05) is 0 Å². The molecule has 0 radical (unpaired) electrons. The van der Waals surface area contributed by atoms with Gasteiger partial charge >= 0.3 is 0 Å². The van der Waals surface area contributed by atoms with Gasteiger partial charge in [0.2, 0.25) is 10.0 Å². The van der Waals surface area contributed by atoms with Crippen LogP contribution >= 0.6 is 12.4 Å². The third kappa shape index (κ3) is 5.09. The van der Waals surface area contributed by atoms with Crippen LogP contribution in [-0.2, 0) is 10.0 Å². The summed E-state index contributed by atoms with van der Waals surface area (Å²) in [6.07, 6.45) is 1.21. The second kappa shape index (κ2) is 8.21. The number of rotatable bonds is 6. The average molecular weight is 325 g/mol. The lowest BCUT2D eigenvalue weighted by molar-refractivity contribution is 0.318. The first kappa shape index (κ1) is 18.9. The molecule has 20 heavy (non-hydrogen) atoms. The highest BCUT2D eigenvalue weighted by atomic mass is 35.5. The van der Waals surface area contributed by atoms with Crippen molar-refractivity contribution in [2.75, 3.05) is 27.2 Å². The van der Waals surface area contributed by atoms with E-state index in [0.29, 0.717) is 5.75 Å². The zero-order valence-electron chi connectivity index (χ0n) is 11.2. The van der Waals surface area contributed by atoms with Crippen molar-refractivity contribution in [3.05, 3.63) is 36.2 Å². The maximum Gasteiger partial charge on any atom is 0.242 e. The van der Waals surface area contributed by atoms with Crippen molar-refractivity contribution in [3.8, 4) is 5.75 Å². The van der Waals surface area contributed by atoms with Crippen molar-refractivity contribution in [1.29, 1.82) is 0 Å². The lowest BCUT2D eigenvalue weighted by Gasteiger charge is -2.11. The van der Waals surface area contributed by atoms with Crippen LogP contribution < -0.4 is 10.5 Å². The van der Waals surface area contributed by atoms with E-state index in [2.05, 4.69) is 0 Å². The Morgan fingerprint density at radius 1 is 1.35 bits per heavy atom. The van der Waals surface area contributed by atoms with E-state index < -0.39 is 15.9 Å². The summed E-state index contributed by atoms with van der Waals surface area (Å²) < 4.78 is 42.9. The van der Waals surface area contributed by atoms with Crippen LogP contribution in [0.1, 0.15) is 0 Å². The Morgan fingerprint density at radius 3 is 2.35 bits per heavy atom. The van der Waals surface area contributed by atoms with Crippen LogP contribution in [0.4, 0.5) is 4.39 Å². The Bertz CT molecular complexity index is 544. The van der Waals surface area contributed by atoms with Gasteiger partial charge in [-0.2, -0.15) is 0 Å². The maximum absolute atomic E-state index is 13.0.